The number of halogens is 2. The SMILES string of the molecule is O=C(CSc1nnc(N2CCOCC2)n1Cc1ccccc1)Nc1ccc2c(c1)OC(F)(F)O2. The Balaban J connectivity index is 1.27. The first-order chi connectivity index (χ1) is 16.5. The molecular formula is C22H21F2N5O4S. The van der Waals surface area contributed by atoms with E-state index in [1.807, 2.05) is 34.9 Å². The third-order valence-electron chi connectivity index (χ3n) is 5.19. The molecule has 3 heterocycles. The number of carbonyl (C=O) groups excluding carboxylic acids is 1. The van der Waals surface area contributed by atoms with Gasteiger partial charge in [-0.15, -0.1) is 19.0 Å². The smallest absolute Gasteiger partial charge is 0.395 e. The fraction of sp³-hybridized carbons (Fsp3) is 0.318. The van der Waals surface area contributed by atoms with Crippen LogP contribution in [0.2, 0.25) is 0 Å². The lowest BCUT2D eigenvalue weighted by Gasteiger charge is -2.28. The molecule has 9 nitrogen and oxygen atoms in total. The zero-order valence-electron chi connectivity index (χ0n) is 17.9. The standard InChI is InChI=1S/C22H21F2N5O4S/c23-22(24)32-17-7-6-16(12-18(17)33-22)25-19(30)14-34-21-27-26-20(28-8-10-31-11-9-28)29(21)13-15-4-2-1-3-5-15/h1-7,12H,8-11,13-14H2,(H,25,30). The van der Waals surface area contributed by atoms with Crippen molar-refractivity contribution in [3.05, 3.63) is 54.1 Å². The molecular weight excluding hydrogens is 468 g/mol. The normalized spacial score (nSPS) is 16.5. The Morgan fingerprint density at radius 3 is 2.62 bits per heavy atom. The van der Waals surface area contributed by atoms with Gasteiger partial charge in [-0.25, -0.2) is 0 Å². The number of ether oxygens (including phenoxy) is 3. The van der Waals surface area contributed by atoms with Gasteiger partial charge in [0.2, 0.25) is 11.9 Å². The Labute approximate surface area is 198 Å². The molecule has 0 aliphatic carbocycles. The van der Waals surface area contributed by atoms with Crippen LogP contribution < -0.4 is 19.7 Å². The molecule has 2 aliphatic rings. The number of hydrogen-bond acceptors (Lipinski definition) is 8. The largest absolute Gasteiger partial charge is 0.586 e. The quantitative estimate of drug-likeness (QED) is 0.506. The van der Waals surface area contributed by atoms with E-state index in [4.69, 9.17) is 4.74 Å². The van der Waals surface area contributed by atoms with E-state index >= 15 is 0 Å². The van der Waals surface area contributed by atoms with Crippen molar-refractivity contribution in [2.75, 3.05) is 42.3 Å². The van der Waals surface area contributed by atoms with Crippen molar-refractivity contribution in [2.24, 2.45) is 0 Å². The number of thioether (sulfide) groups is 1. The highest BCUT2D eigenvalue weighted by atomic mass is 32.2. The summed E-state index contributed by atoms with van der Waals surface area (Å²) >= 11 is 1.25. The summed E-state index contributed by atoms with van der Waals surface area (Å²) in [5.74, 6) is 0.250. The maximum atomic E-state index is 13.2. The number of benzene rings is 2. The molecule has 34 heavy (non-hydrogen) atoms. The summed E-state index contributed by atoms with van der Waals surface area (Å²) in [4.78, 5) is 14.7. The molecule has 1 fully saturated rings. The molecule has 1 aromatic heterocycles. The predicted molar refractivity (Wildman–Crippen MR) is 121 cm³/mol. The van der Waals surface area contributed by atoms with E-state index in [0.717, 1.165) is 11.5 Å². The van der Waals surface area contributed by atoms with E-state index in [1.54, 1.807) is 0 Å². The number of rotatable bonds is 7. The lowest BCUT2D eigenvalue weighted by Crippen LogP contribution is -2.38. The number of carbonyl (C=O) groups is 1. The molecule has 178 valence electrons. The number of nitrogens with one attached hydrogen (secondary N) is 1. The summed E-state index contributed by atoms with van der Waals surface area (Å²) in [6, 6.07) is 14.0. The fourth-order valence-electron chi connectivity index (χ4n) is 3.64. The number of aromatic nitrogens is 3. The van der Waals surface area contributed by atoms with E-state index in [-0.39, 0.29) is 23.2 Å². The highest BCUT2D eigenvalue weighted by Gasteiger charge is 2.43. The molecule has 0 saturated carbocycles. The highest BCUT2D eigenvalue weighted by molar-refractivity contribution is 7.99. The van der Waals surface area contributed by atoms with Crippen molar-refractivity contribution < 1.29 is 27.8 Å². The first-order valence-corrected chi connectivity index (χ1v) is 11.6. The maximum absolute atomic E-state index is 13.2. The van der Waals surface area contributed by atoms with Crippen LogP contribution in [0.3, 0.4) is 0 Å². The zero-order chi connectivity index (χ0) is 23.5. The van der Waals surface area contributed by atoms with E-state index in [1.165, 1.54) is 30.0 Å². The molecule has 0 radical (unpaired) electrons. The second-order valence-electron chi connectivity index (χ2n) is 7.62. The minimum absolute atomic E-state index is 0.0562. The van der Waals surface area contributed by atoms with Gasteiger partial charge in [0.15, 0.2) is 16.7 Å². The fourth-order valence-corrected chi connectivity index (χ4v) is 4.38. The van der Waals surface area contributed by atoms with Gasteiger partial charge in [0.25, 0.3) is 0 Å². The molecule has 1 N–H and O–H groups in total. The number of hydrogen-bond donors (Lipinski definition) is 1. The van der Waals surface area contributed by atoms with Gasteiger partial charge in [0.05, 0.1) is 25.5 Å². The predicted octanol–water partition coefficient (Wildman–Crippen LogP) is 3.22. The minimum Gasteiger partial charge on any atom is -0.395 e. The number of anilines is 2. The summed E-state index contributed by atoms with van der Waals surface area (Å²) in [5.41, 5.74) is 1.41. The van der Waals surface area contributed by atoms with Crippen molar-refractivity contribution in [3.63, 3.8) is 0 Å². The molecule has 2 aromatic carbocycles. The van der Waals surface area contributed by atoms with Gasteiger partial charge in [0, 0.05) is 24.8 Å². The van der Waals surface area contributed by atoms with E-state index in [2.05, 4.69) is 29.9 Å². The van der Waals surface area contributed by atoms with Crippen LogP contribution in [0.25, 0.3) is 0 Å². The lowest BCUT2D eigenvalue weighted by atomic mass is 10.2. The second kappa shape index (κ2) is 9.47. The third-order valence-corrected chi connectivity index (χ3v) is 6.16. The molecule has 5 rings (SSSR count). The first kappa shape index (κ1) is 22.4. The minimum atomic E-state index is -3.71. The molecule has 3 aromatic rings. The molecule has 1 amide bonds. The van der Waals surface area contributed by atoms with Crippen molar-refractivity contribution in [2.45, 2.75) is 18.0 Å². The summed E-state index contributed by atoms with van der Waals surface area (Å²) in [7, 11) is 0. The highest BCUT2D eigenvalue weighted by Crippen LogP contribution is 2.42. The van der Waals surface area contributed by atoms with Gasteiger partial charge < -0.3 is 24.4 Å². The molecule has 2 aliphatic heterocycles. The summed E-state index contributed by atoms with van der Waals surface area (Å²) in [6.07, 6.45) is -3.71. The van der Waals surface area contributed by atoms with E-state index in [0.29, 0.717) is 43.7 Å². The monoisotopic (exact) mass is 489 g/mol. The molecule has 1 saturated heterocycles. The van der Waals surface area contributed by atoms with Crippen molar-refractivity contribution in [1.29, 1.82) is 0 Å². The van der Waals surface area contributed by atoms with E-state index in [9.17, 15) is 13.6 Å². The topological polar surface area (TPSA) is 90.7 Å². The van der Waals surface area contributed by atoms with Gasteiger partial charge in [0.1, 0.15) is 0 Å². The molecule has 0 unspecified atom stereocenters. The second-order valence-corrected chi connectivity index (χ2v) is 8.56. The van der Waals surface area contributed by atoms with Crippen LogP contribution in [0.4, 0.5) is 20.4 Å². The Morgan fingerprint density at radius 1 is 1.06 bits per heavy atom. The number of fused-ring (bicyclic) bond motifs is 1. The number of nitrogens with zero attached hydrogens (tertiary/aromatic N) is 4. The summed E-state index contributed by atoms with van der Waals surface area (Å²) in [6.45, 7) is 3.21. The van der Waals surface area contributed by atoms with Crippen LogP contribution in [-0.2, 0) is 16.1 Å². The Kier molecular flexibility index (Phi) is 6.24. The summed E-state index contributed by atoms with van der Waals surface area (Å²) in [5, 5.41) is 12.0. The lowest BCUT2D eigenvalue weighted by molar-refractivity contribution is -0.286. The maximum Gasteiger partial charge on any atom is 0.586 e. The van der Waals surface area contributed by atoms with Crippen LogP contribution in [0.15, 0.2) is 53.7 Å². The van der Waals surface area contributed by atoms with Gasteiger partial charge >= 0.3 is 6.29 Å². The van der Waals surface area contributed by atoms with Crippen LogP contribution in [0.1, 0.15) is 5.56 Å². The van der Waals surface area contributed by atoms with Gasteiger partial charge in [-0.2, -0.15) is 0 Å². The van der Waals surface area contributed by atoms with E-state index < -0.39 is 6.29 Å². The van der Waals surface area contributed by atoms with Crippen LogP contribution in [0, 0.1) is 0 Å². The zero-order valence-corrected chi connectivity index (χ0v) is 18.8. The van der Waals surface area contributed by atoms with Crippen LogP contribution >= 0.6 is 11.8 Å². The van der Waals surface area contributed by atoms with Crippen LogP contribution in [-0.4, -0.2) is 59.0 Å². The van der Waals surface area contributed by atoms with Crippen LogP contribution in [0.5, 0.6) is 11.5 Å². The van der Waals surface area contributed by atoms with Crippen molar-refractivity contribution >= 4 is 29.3 Å². The van der Waals surface area contributed by atoms with Gasteiger partial charge in [-0.1, -0.05) is 42.1 Å². The Morgan fingerprint density at radius 2 is 1.82 bits per heavy atom. The number of alkyl halides is 2. The van der Waals surface area contributed by atoms with Crippen molar-refractivity contribution in [1.82, 2.24) is 14.8 Å². The molecule has 0 spiro atoms. The molecule has 0 bridgehead atoms. The number of amides is 1. The average Bonchev–Trinajstić information content (AvgIpc) is 3.37. The Bertz CT molecular complexity index is 1170. The average molecular weight is 490 g/mol. The van der Waals surface area contributed by atoms with Crippen molar-refractivity contribution in [3.8, 4) is 11.5 Å². The first-order valence-electron chi connectivity index (χ1n) is 10.6. The molecule has 0 atom stereocenters. The molecule has 12 heteroatoms. The summed E-state index contributed by atoms with van der Waals surface area (Å²) < 4.78 is 42.7. The third kappa shape index (κ3) is 5.07. The van der Waals surface area contributed by atoms with Gasteiger partial charge in [-0.3, -0.25) is 9.36 Å². The number of morpholine rings is 1. The Hall–Kier alpha value is -3.38. The van der Waals surface area contributed by atoms with Gasteiger partial charge in [-0.05, 0) is 17.7 Å².